The Morgan fingerprint density at radius 1 is 1.10 bits per heavy atom. The lowest BCUT2D eigenvalue weighted by atomic mass is 9.85. The Morgan fingerprint density at radius 2 is 1.71 bits per heavy atom. The molecule has 2 aliphatic carbocycles. The maximum absolute atomic E-state index is 12.7. The molecule has 2 N–H and O–H groups in total. The number of carbonyl (C=O) groups is 2. The molecule has 6 nitrogen and oxygen atoms in total. The van der Waals surface area contributed by atoms with Crippen LogP contribution in [0.1, 0.15) is 12.8 Å². The summed E-state index contributed by atoms with van der Waals surface area (Å²) in [5.41, 5.74) is 0. The van der Waals surface area contributed by atoms with Crippen molar-refractivity contribution in [2.24, 2.45) is 28.7 Å². The highest BCUT2D eigenvalue weighted by atomic mass is 127. The third-order valence-corrected chi connectivity index (χ3v) is 7.38. The van der Waals surface area contributed by atoms with Gasteiger partial charge in [-0.15, -0.1) is 35.7 Å². The standard InChI is InChI=1S/C22H27ClN4O2S.HI/c1-24-22(26-10-12-30-17-7-5-16(23)6-8-17)25-9-2-11-27-20(28)18-14-3-4-15(13-14)19(18)21(27)29;/h3-8,14-15,18-19H,2,9-13H2,1H3,(H2,24,25,26);1H. The molecule has 4 unspecified atom stereocenters. The Balaban J connectivity index is 0.00000272. The zero-order valence-corrected chi connectivity index (χ0v) is 21.3. The number of aliphatic imine (C=N–C) groups is 1. The van der Waals surface area contributed by atoms with E-state index in [0.717, 1.165) is 29.7 Å². The smallest absolute Gasteiger partial charge is 0.233 e. The highest BCUT2D eigenvalue weighted by molar-refractivity contribution is 14.0. The maximum atomic E-state index is 12.7. The maximum Gasteiger partial charge on any atom is 0.233 e. The molecular weight excluding hydrogens is 547 g/mol. The van der Waals surface area contributed by atoms with Gasteiger partial charge < -0.3 is 10.6 Å². The van der Waals surface area contributed by atoms with Gasteiger partial charge >= 0.3 is 0 Å². The minimum Gasteiger partial charge on any atom is -0.356 e. The first-order valence-corrected chi connectivity index (χ1v) is 11.8. The molecule has 1 saturated heterocycles. The lowest BCUT2D eigenvalue weighted by Crippen LogP contribution is -2.40. The van der Waals surface area contributed by atoms with Crippen LogP contribution in [0.15, 0.2) is 46.3 Å². The fourth-order valence-corrected chi connectivity index (χ4v) is 5.61. The van der Waals surface area contributed by atoms with Gasteiger partial charge in [-0.25, -0.2) is 0 Å². The third kappa shape index (κ3) is 5.39. The number of fused-ring (bicyclic) bond motifs is 5. The number of guanidine groups is 1. The largest absolute Gasteiger partial charge is 0.356 e. The number of allylic oxidation sites excluding steroid dienone is 2. The molecular formula is C22H28ClIN4O2S. The summed E-state index contributed by atoms with van der Waals surface area (Å²) in [6.45, 7) is 1.90. The van der Waals surface area contributed by atoms with Gasteiger partial charge in [0.1, 0.15) is 0 Å². The van der Waals surface area contributed by atoms with Gasteiger partial charge in [0.05, 0.1) is 11.8 Å². The van der Waals surface area contributed by atoms with Crippen molar-refractivity contribution >= 4 is 65.1 Å². The molecule has 3 aliphatic rings. The van der Waals surface area contributed by atoms with Crippen molar-refractivity contribution in [1.82, 2.24) is 15.5 Å². The van der Waals surface area contributed by atoms with Crippen LogP contribution in [-0.4, -0.2) is 55.1 Å². The number of imide groups is 1. The average molecular weight is 575 g/mol. The number of nitrogens with zero attached hydrogens (tertiary/aromatic N) is 2. The van der Waals surface area contributed by atoms with Crippen molar-refractivity contribution in [3.8, 4) is 0 Å². The van der Waals surface area contributed by atoms with Gasteiger partial charge in [-0.3, -0.25) is 19.5 Å². The van der Waals surface area contributed by atoms with Crippen LogP contribution in [-0.2, 0) is 9.59 Å². The van der Waals surface area contributed by atoms with Crippen LogP contribution >= 0.6 is 47.3 Å². The molecule has 0 aromatic heterocycles. The van der Waals surface area contributed by atoms with Crippen LogP contribution in [0.4, 0.5) is 0 Å². The summed E-state index contributed by atoms with van der Waals surface area (Å²) in [6, 6.07) is 7.80. The van der Waals surface area contributed by atoms with Gasteiger partial charge in [0.15, 0.2) is 5.96 Å². The summed E-state index contributed by atoms with van der Waals surface area (Å²) in [7, 11) is 1.74. The average Bonchev–Trinajstić information content (AvgIpc) is 3.43. The van der Waals surface area contributed by atoms with E-state index in [0.29, 0.717) is 19.5 Å². The number of thioether (sulfide) groups is 1. The first kappa shape index (κ1) is 24.4. The second kappa shape index (κ2) is 11.0. The van der Waals surface area contributed by atoms with Crippen LogP contribution < -0.4 is 10.6 Å². The minimum absolute atomic E-state index is 0. The van der Waals surface area contributed by atoms with Gasteiger partial charge in [-0.1, -0.05) is 23.8 Å². The predicted octanol–water partition coefficient (Wildman–Crippen LogP) is 3.41. The van der Waals surface area contributed by atoms with Crippen LogP contribution in [0.25, 0.3) is 0 Å². The number of rotatable bonds is 8. The van der Waals surface area contributed by atoms with E-state index in [1.807, 2.05) is 24.3 Å². The van der Waals surface area contributed by atoms with Crippen molar-refractivity contribution in [3.63, 3.8) is 0 Å². The number of hydrogen-bond acceptors (Lipinski definition) is 4. The summed E-state index contributed by atoms with van der Waals surface area (Å²) >= 11 is 7.65. The molecule has 4 rings (SSSR count). The van der Waals surface area contributed by atoms with Crippen molar-refractivity contribution in [3.05, 3.63) is 41.4 Å². The fourth-order valence-electron chi connectivity index (χ4n) is 4.72. The van der Waals surface area contributed by atoms with Gasteiger partial charge in [0, 0.05) is 42.4 Å². The zero-order chi connectivity index (χ0) is 21.1. The number of hydrogen-bond donors (Lipinski definition) is 2. The molecule has 31 heavy (non-hydrogen) atoms. The SMILES string of the molecule is CN=C(NCCCN1C(=O)C2C3C=CC(C3)C2C1=O)NCCSc1ccc(Cl)cc1.I. The highest BCUT2D eigenvalue weighted by Gasteiger charge is 2.58. The fraction of sp³-hybridized carbons (Fsp3) is 0.500. The number of likely N-dealkylation sites (tertiary alicyclic amines) is 1. The number of carbonyl (C=O) groups excluding carboxylic acids is 2. The summed E-state index contributed by atoms with van der Waals surface area (Å²) in [6.07, 6.45) is 5.94. The Labute approximate surface area is 209 Å². The molecule has 2 amide bonds. The number of halogens is 2. The van der Waals surface area contributed by atoms with Gasteiger partial charge in [-0.2, -0.15) is 0 Å². The number of amides is 2. The summed E-state index contributed by atoms with van der Waals surface area (Å²) < 4.78 is 0. The summed E-state index contributed by atoms with van der Waals surface area (Å²) in [5.74, 6) is 2.03. The van der Waals surface area contributed by atoms with Crippen molar-refractivity contribution < 1.29 is 9.59 Å². The van der Waals surface area contributed by atoms with Crippen molar-refractivity contribution in [2.45, 2.75) is 17.7 Å². The molecule has 168 valence electrons. The first-order valence-electron chi connectivity index (χ1n) is 10.4. The zero-order valence-electron chi connectivity index (χ0n) is 17.4. The normalized spacial score (nSPS) is 26.3. The number of nitrogens with one attached hydrogen (secondary N) is 2. The monoisotopic (exact) mass is 574 g/mol. The molecule has 0 radical (unpaired) electrons. The molecule has 0 spiro atoms. The second-order valence-corrected chi connectivity index (χ2v) is 9.51. The molecule has 1 aliphatic heterocycles. The Morgan fingerprint density at radius 3 is 2.32 bits per heavy atom. The van der Waals surface area contributed by atoms with Crippen LogP contribution in [0.3, 0.4) is 0 Å². The van der Waals surface area contributed by atoms with Gasteiger partial charge in [0.25, 0.3) is 0 Å². The van der Waals surface area contributed by atoms with E-state index < -0.39 is 0 Å². The van der Waals surface area contributed by atoms with Crippen molar-refractivity contribution in [2.75, 3.05) is 32.4 Å². The van der Waals surface area contributed by atoms with Crippen LogP contribution in [0.5, 0.6) is 0 Å². The van der Waals surface area contributed by atoms with E-state index in [-0.39, 0.29) is 59.5 Å². The van der Waals surface area contributed by atoms with Crippen molar-refractivity contribution in [1.29, 1.82) is 0 Å². The van der Waals surface area contributed by atoms with Gasteiger partial charge in [0.2, 0.25) is 11.8 Å². The lowest BCUT2D eigenvalue weighted by molar-refractivity contribution is -0.140. The second-order valence-electron chi connectivity index (χ2n) is 7.91. The molecule has 1 saturated carbocycles. The molecule has 4 atom stereocenters. The Hall–Kier alpha value is -1.26. The molecule has 2 fully saturated rings. The van der Waals surface area contributed by atoms with E-state index in [4.69, 9.17) is 11.6 Å². The summed E-state index contributed by atoms with van der Waals surface area (Å²) in [5, 5.41) is 7.29. The lowest BCUT2D eigenvalue weighted by Gasteiger charge is -2.18. The van der Waals surface area contributed by atoms with Gasteiger partial charge in [-0.05, 0) is 48.9 Å². The van der Waals surface area contributed by atoms with Crippen LogP contribution in [0, 0.1) is 23.7 Å². The predicted molar refractivity (Wildman–Crippen MR) is 136 cm³/mol. The topological polar surface area (TPSA) is 73.8 Å². The molecule has 1 aromatic rings. The quantitative estimate of drug-likeness (QED) is 0.0947. The molecule has 2 bridgehead atoms. The Bertz CT molecular complexity index is 834. The molecule has 9 heteroatoms. The molecule has 1 aromatic carbocycles. The Kier molecular flexibility index (Phi) is 8.69. The third-order valence-electron chi connectivity index (χ3n) is 6.11. The highest BCUT2D eigenvalue weighted by Crippen LogP contribution is 2.52. The van der Waals surface area contributed by atoms with E-state index in [1.165, 1.54) is 9.80 Å². The van der Waals surface area contributed by atoms with E-state index in [1.54, 1.807) is 18.8 Å². The number of benzene rings is 1. The van der Waals surface area contributed by atoms with E-state index >= 15 is 0 Å². The molecule has 1 heterocycles. The summed E-state index contributed by atoms with van der Waals surface area (Å²) in [4.78, 5) is 32.3. The van der Waals surface area contributed by atoms with Crippen LogP contribution in [0.2, 0.25) is 5.02 Å². The first-order chi connectivity index (χ1) is 14.6. The van der Waals surface area contributed by atoms with E-state index in [9.17, 15) is 9.59 Å². The van der Waals surface area contributed by atoms with E-state index in [2.05, 4.69) is 27.8 Å². The minimum atomic E-state index is -0.104.